The average Bonchev–Trinajstić information content (AvgIpc) is 2.63. The van der Waals surface area contributed by atoms with E-state index in [9.17, 15) is 0 Å². The Morgan fingerprint density at radius 1 is 1.41 bits per heavy atom. The lowest BCUT2D eigenvalue weighted by atomic mass is 9.81. The van der Waals surface area contributed by atoms with Crippen molar-refractivity contribution >= 4 is 0 Å². The summed E-state index contributed by atoms with van der Waals surface area (Å²) in [7, 11) is 0. The molecule has 1 aromatic rings. The fourth-order valence-corrected chi connectivity index (χ4v) is 3.29. The number of nitrogens with one attached hydrogen (secondary N) is 1. The molecule has 0 radical (unpaired) electrons. The highest BCUT2D eigenvalue weighted by molar-refractivity contribution is 5.22. The van der Waals surface area contributed by atoms with Crippen LogP contribution in [0.1, 0.15) is 56.4 Å². The second-order valence-electron chi connectivity index (χ2n) is 5.70. The second kappa shape index (κ2) is 4.45. The van der Waals surface area contributed by atoms with E-state index in [0.29, 0.717) is 0 Å². The Balaban J connectivity index is 1.94. The Hall–Kier alpha value is -0.830. The number of aromatic nitrogens is 2. The fraction of sp³-hybridized carbons (Fsp3) is 0.786. The monoisotopic (exact) mass is 233 g/mol. The highest BCUT2D eigenvalue weighted by Crippen LogP contribution is 2.40. The van der Waals surface area contributed by atoms with Crippen molar-refractivity contribution in [2.24, 2.45) is 5.92 Å². The predicted molar refractivity (Wildman–Crippen MR) is 69.1 cm³/mol. The normalized spacial score (nSPS) is 27.6. The maximum absolute atomic E-state index is 4.87. The molecule has 0 spiro atoms. The van der Waals surface area contributed by atoms with Crippen LogP contribution in [0.5, 0.6) is 0 Å². The summed E-state index contributed by atoms with van der Waals surface area (Å²) in [5, 5.41) is 3.43. The van der Waals surface area contributed by atoms with Crippen molar-refractivity contribution in [3.05, 3.63) is 17.2 Å². The minimum absolute atomic E-state index is 0.751. The number of imidazole rings is 1. The zero-order valence-electron chi connectivity index (χ0n) is 11.0. The second-order valence-corrected chi connectivity index (χ2v) is 5.70. The van der Waals surface area contributed by atoms with E-state index < -0.39 is 0 Å². The summed E-state index contributed by atoms with van der Waals surface area (Å²) in [6.07, 6.45) is 6.21. The molecular formula is C14H23N3. The van der Waals surface area contributed by atoms with Gasteiger partial charge in [-0.25, -0.2) is 4.98 Å². The van der Waals surface area contributed by atoms with Gasteiger partial charge in [-0.05, 0) is 25.2 Å². The standard InChI is InChI=1S/C14H23N3/c1-3-4-14-16-12-9-15-6-5-13(12)17(14)11-7-10(2)8-11/h10-11,15H,3-9H2,1-2H3. The van der Waals surface area contributed by atoms with Gasteiger partial charge in [0.15, 0.2) is 0 Å². The molecule has 1 fully saturated rings. The first-order chi connectivity index (χ1) is 8.29. The molecule has 0 bridgehead atoms. The van der Waals surface area contributed by atoms with E-state index in [1.54, 1.807) is 0 Å². The highest BCUT2D eigenvalue weighted by atomic mass is 15.1. The molecule has 1 aliphatic heterocycles. The molecule has 3 heteroatoms. The van der Waals surface area contributed by atoms with Gasteiger partial charge in [-0.2, -0.15) is 0 Å². The molecule has 94 valence electrons. The SMILES string of the molecule is CCCc1nc2c(n1C1CC(C)C1)CCNC2. The molecule has 2 aliphatic rings. The van der Waals surface area contributed by atoms with E-state index in [-0.39, 0.29) is 0 Å². The third kappa shape index (κ3) is 1.90. The first kappa shape index (κ1) is 11.3. The van der Waals surface area contributed by atoms with Gasteiger partial charge in [0.05, 0.1) is 5.69 Å². The molecule has 0 aromatic carbocycles. The van der Waals surface area contributed by atoms with Gasteiger partial charge in [0, 0.05) is 37.7 Å². The molecule has 0 amide bonds. The van der Waals surface area contributed by atoms with E-state index >= 15 is 0 Å². The summed E-state index contributed by atoms with van der Waals surface area (Å²) >= 11 is 0. The van der Waals surface area contributed by atoms with Crippen molar-refractivity contribution < 1.29 is 0 Å². The number of nitrogens with zero attached hydrogens (tertiary/aromatic N) is 2. The number of aryl methyl sites for hydroxylation is 1. The molecule has 17 heavy (non-hydrogen) atoms. The quantitative estimate of drug-likeness (QED) is 0.869. The van der Waals surface area contributed by atoms with Crippen LogP contribution in [0.2, 0.25) is 0 Å². The van der Waals surface area contributed by atoms with Crippen molar-refractivity contribution in [1.82, 2.24) is 14.9 Å². The van der Waals surface area contributed by atoms with Crippen molar-refractivity contribution in [2.45, 2.75) is 58.5 Å². The van der Waals surface area contributed by atoms with Gasteiger partial charge in [0.2, 0.25) is 0 Å². The molecule has 1 aliphatic carbocycles. The summed E-state index contributed by atoms with van der Waals surface area (Å²) in [4.78, 5) is 4.87. The van der Waals surface area contributed by atoms with Crippen LogP contribution in [0.4, 0.5) is 0 Å². The highest BCUT2D eigenvalue weighted by Gasteiger charge is 2.31. The largest absolute Gasteiger partial charge is 0.329 e. The third-order valence-electron chi connectivity index (χ3n) is 4.18. The number of rotatable bonds is 3. The van der Waals surface area contributed by atoms with Gasteiger partial charge < -0.3 is 9.88 Å². The van der Waals surface area contributed by atoms with Crippen LogP contribution < -0.4 is 5.32 Å². The molecule has 2 heterocycles. The Morgan fingerprint density at radius 2 is 2.24 bits per heavy atom. The lowest BCUT2D eigenvalue weighted by Crippen LogP contribution is -2.30. The molecule has 3 rings (SSSR count). The van der Waals surface area contributed by atoms with Crippen LogP contribution in [0, 0.1) is 5.92 Å². The smallest absolute Gasteiger partial charge is 0.109 e. The number of fused-ring (bicyclic) bond motifs is 1. The zero-order valence-corrected chi connectivity index (χ0v) is 11.0. The maximum Gasteiger partial charge on any atom is 0.109 e. The molecule has 1 N–H and O–H groups in total. The molecule has 3 nitrogen and oxygen atoms in total. The van der Waals surface area contributed by atoms with Gasteiger partial charge in [0.1, 0.15) is 5.82 Å². The topological polar surface area (TPSA) is 29.9 Å². The van der Waals surface area contributed by atoms with Gasteiger partial charge in [-0.1, -0.05) is 13.8 Å². The lowest BCUT2D eigenvalue weighted by molar-refractivity contribution is 0.207. The summed E-state index contributed by atoms with van der Waals surface area (Å²) in [6, 6.07) is 0.751. The van der Waals surface area contributed by atoms with Gasteiger partial charge >= 0.3 is 0 Å². The summed E-state index contributed by atoms with van der Waals surface area (Å²) in [5.74, 6) is 2.26. The van der Waals surface area contributed by atoms with Crippen molar-refractivity contribution in [3.63, 3.8) is 0 Å². The predicted octanol–water partition coefficient (Wildman–Crippen LogP) is 2.45. The molecule has 1 aromatic heterocycles. The Kier molecular flexibility index (Phi) is 2.95. The summed E-state index contributed by atoms with van der Waals surface area (Å²) in [5.41, 5.74) is 2.85. The van der Waals surface area contributed by atoms with Crippen molar-refractivity contribution in [1.29, 1.82) is 0 Å². The first-order valence-electron chi connectivity index (χ1n) is 7.09. The molecule has 0 unspecified atom stereocenters. The van der Waals surface area contributed by atoms with Crippen molar-refractivity contribution in [2.75, 3.05) is 6.54 Å². The van der Waals surface area contributed by atoms with Crippen LogP contribution in [-0.2, 0) is 19.4 Å². The molecule has 0 atom stereocenters. The van der Waals surface area contributed by atoms with E-state index in [4.69, 9.17) is 4.98 Å². The van der Waals surface area contributed by atoms with Crippen molar-refractivity contribution in [3.8, 4) is 0 Å². The Bertz CT molecular complexity index is 402. The Morgan fingerprint density at radius 3 is 2.94 bits per heavy atom. The van der Waals surface area contributed by atoms with Crippen LogP contribution in [-0.4, -0.2) is 16.1 Å². The van der Waals surface area contributed by atoms with Crippen LogP contribution in [0.15, 0.2) is 0 Å². The van der Waals surface area contributed by atoms with E-state index in [1.165, 1.54) is 36.5 Å². The van der Waals surface area contributed by atoms with Gasteiger partial charge in [-0.3, -0.25) is 0 Å². The maximum atomic E-state index is 4.87. The van der Waals surface area contributed by atoms with E-state index in [2.05, 4.69) is 23.7 Å². The Labute approximate surface area is 104 Å². The fourth-order valence-electron chi connectivity index (χ4n) is 3.29. The third-order valence-corrected chi connectivity index (χ3v) is 4.18. The number of hydrogen-bond acceptors (Lipinski definition) is 2. The van der Waals surface area contributed by atoms with Crippen LogP contribution in [0.3, 0.4) is 0 Å². The minimum Gasteiger partial charge on any atom is -0.329 e. The summed E-state index contributed by atoms with van der Waals surface area (Å²) in [6.45, 7) is 6.70. The molecular weight excluding hydrogens is 210 g/mol. The average molecular weight is 233 g/mol. The van der Waals surface area contributed by atoms with Gasteiger partial charge in [-0.15, -0.1) is 0 Å². The van der Waals surface area contributed by atoms with Crippen LogP contribution >= 0.6 is 0 Å². The van der Waals surface area contributed by atoms with E-state index in [0.717, 1.165) is 37.9 Å². The molecule has 0 saturated heterocycles. The van der Waals surface area contributed by atoms with E-state index in [1.807, 2.05) is 0 Å². The minimum atomic E-state index is 0.751. The summed E-state index contributed by atoms with van der Waals surface area (Å²) < 4.78 is 2.60. The van der Waals surface area contributed by atoms with Crippen LogP contribution in [0.25, 0.3) is 0 Å². The number of hydrogen-bond donors (Lipinski definition) is 1. The zero-order chi connectivity index (χ0) is 11.8. The molecule has 1 saturated carbocycles. The van der Waals surface area contributed by atoms with Gasteiger partial charge in [0.25, 0.3) is 0 Å². The first-order valence-corrected chi connectivity index (χ1v) is 7.09. The lowest BCUT2D eigenvalue weighted by Gasteiger charge is -2.36.